The van der Waals surface area contributed by atoms with Crippen LogP contribution >= 0.6 is 23.1 Å². The summed E-state index contributed by atoms with van der Waals surface area (Å²) in [5.41, 5.74) is 3.07. The lowest BCUT2D eigenvalue weighted by Crippen LogP contribution is -2.19. The maximum atomic E-state index is 12.4. The van der Waals surface area contributed by atoms with E-state index in [1.54, 1.807) is 25.1 Å². The van der Waals surface area contributed by atoms with Crippen LogP contribution in [0.4, 0.5) is 16.2 Å². The average Bonchev–Trinajstić information content (AvgIpc) is 3.41. The third-order valence-corrected chi connectivity index (χ3v) is 7.11. The van der Waals surface area contributed by atoms with Crippen LogP contribution in [0.2, 0.25) is 0 Å². The largest absolute Gasteiger partial charge is 0.494 e. The van der Waals surface area contributed by atoms with Crippen molar-refractivity contribution in [2.75, 3.05) is 17.2 Å². The summed E-state index contributed by atoms with van der Waals surface area (Å²) in [5.74, 6) is 1.89. The van der Waals surface area contributed by atoms with Crippen LogP contribution in [0.5, 0.6) is 5.75 Å². The minimum atomic E-state index is -0.338. The fourth-order valence-electron chi connectivity index (χ4n) is 3.42. The summed E-state index contributed by atoms with van der Waals surface area (Å²) < 4.78 is 13.7. The van der Waals surface area contributed by atoms with Gasteiger partial charge in [-0.15, -0.1) is 15.9 Å². The van der Waals surface area contributed by atoms with Crippen molar-refractivity contribution >= 4 is 56.4 Å². The summed E-state index contributed by atoms with van der Waals surface area (Å²) >= 11 is 3.02. The molecule has 0 saturated heterocycles. The van der Waals surface area contributed by atoms with E-state index in [2.05, 4.69) is 20.6 Å². The van der Waals surface area contributed by atoms with Crippen molar-refractivity contribution < 1.29 is 14.1 Å². The fraction of sp³-hybridized carbons (Fsp3) is 0.167. The number of benzene rings is 2. The summed E-state index contributed by atoms with van der Waals surface area (Å²) in [4.78, 5) is 33.7. The summed E-state index contributed by atoms with van der Waals surface area (Å²) in [7, 11) is 0. The third kappa shape index (κ3) is 5.31. The van der Waals surface area contributed by atoms with Crippen molar-refractivity contribution in [3.8, 4) is 5.75 Å². The van der Waals surface area contributed by atoms with E-state index in [1.807, 2.05) is 37.3 Å². The van der Waals surface area contributed by atoms with Gasteiger partial charge in [-0.1, -0.05) is 11.8 Å². The van der Waals surface area contributed by atoms with Gasteiger partial charge in [0.2, 0.25) is 0 Å². The first-order valence-corrected chi connectivity index (χ1v) is 12.6. The van der Waals surface area contributed by atoms with E-state index in [9.17, 15) is 9.59 Å². The van der Waals surface area contributed by atoms with Gasteiger partial charge in [-0.3, -0.25) is 4.79 Å². The summed E-state index contributed by atoms with van der Waals surface area (Å²) in [5, 5.41) is 5.66. The molecule has 9 nitrogen and oxygen atoms in total. The molecule has 0 aliphatic carbocycles. The Kier molecular flexibility index (Phi) is 6.43. The molecule has 0 aliphatic heterocycles. The molecule has 0 atom stereocenters. The van der Waals surface area contributed by atoms with Crippen molar-refractivity contribution in [1.82, 2.24) is 14.5 Å². The van der Waals surface area contributed by atoms with Gasteiger partial charge in [-0.05, 0) is 56.3 Å². The molecule has 0 fully saturated rings. The predicted molar refractivity (Wildman–Crippen MR) is 138 cm³/mol. The van der Waals surface area contributed by atoms with E-state index in [4.69, 9.17) is 9.26 Å². The molecule has 5 aromatic rings. The number of nitrogens with one attached hydrogen (secondary N) is 2. The van der Waals surface area contributed by atoms with Crippen LogP contribution in [0.25, 0.3) is 15.9 Å². The minimum Gasteiger partial charge on any atom is -0.494 e. The monoisotopic (exact) mass is 507 g/mol. The minimum absolute atomic E-state index is 0.248. The Hall–Kier alpha value is -3.83. The van der Waals surface area contributed by atoms with Crippen LogP contribution < -0.4 is 20.9 Å². The molecule has 0 bridgehead atoms. The SMILES string of the molecule is CCOc1ccc(NC(=O)Nc2ccc3nc(SCc4cc(=O)n5oc(C)cc5n4)sc3c2)cc1. The maximum Gasteiger partial charge on any atom is 0.323 e. The Morgan fingerprint density at radius 3 is 2.66 bits per heavy atom. The van der Waals surface area contributed by atoms with Gasteiger partial charge in [-0.25, -0.2) is 14.8 Å². The normalized spacial score (nSPS) is 11.1. The lowest BCUT2D eigenvalue weighted by molar-refractivity contribution is 0.262. The number of thioether (sulfide) groups is 1. The number of hydrogen-bond acceptors (Lipinski definition) is 8. The number of ether oxygens (including phenoxy) is 1. The molecular formula is C24H21N5O4S2. The summed E-state index contributed by atoms with van der Waals surface area (Å²) in [6, 6.07) is 15.6. The van der Waals surface area contributed by atoms with Gasteiger partial charge in [0.15, 0.2) is 9.99 Å². The number of anilines is 2. The number of carbonyl (C=O) groups is 1. The first-order chi connectivity index (χ1) is 17.0. The van der Waals surface area contributed by atoms with Crippen molar-refractivity contribution in [2.45, 2.75) is 23.9 Å². The van der Waals surface area contributed by atoms with E-state index < -0.39 is 0 Å². The van der Waals surface area contributed by atoms with Gasteiger partial charge in [0.05, 0.1) is 22.5 Å². The molecule has 0 unspecified atom stereocenters. The number of nitrogens with zero attached hydrogens (tertiary/aromatic N) is 3. The van der Waals surface area contributed by atoms with E-state index in [-0.39, 0.29) is 11.6 Å². The van der Waals surface area contributed by atoms with Crippen molar-refractivity contribution in [2.24, 2.45) is 0 Å². The number of amides is 2. The zero-order chi connectivity index (χ0) is 24.4. The molecule has 5 rings (SSSR count). The highest BCUT2D eigenvalue weighted by molar-refractivity contribution is 8.00. The van der Waals surface area contributed by atoms with Crippen molar-refractivity contribution in [3.05, 3.63) is 76.4 Å². The van der Waals surface area contributed by atoms with E-state index >= 15 is 0 Å². The Labute approximate surface area is 208 Å². The Balaban J connectivity index is 1.23. The number of rotatable bonds is 7. The lowest BCUT2D eigenvalue weighted by atomic mass is 10.3. The summed E-state index contributed by atoms with van der Waals surface area (Å²) in [6.07, 6.45) is 0. The van der Waals surface area contributed by atoms with Gasteiger partial charge < -0.3 is 19.9 Å². The van der Waals surface area contributed by atoms with E-state index in [0.29, 0.717) is 40.8 Å². The molecule has 0 saturated carbocycles. The highest BCUT2D eigenvalue weighted by atomic mass is 32.2. The topological polar surface area (TPSA) is 111 Å². The number of hydrogen-bond donors (Lipinski definition) is 2. The van der Waals surface area contributed by atoms with Crippen LogP contribution in [-0.4, -0.2) is 27.2 Å². The van der Waals surface area contributed by atoms with Gasteiger partial charge in [-0.2, -0.15) is 0 Å². The molecule has 11 heteroatoms. The molecule has 35 heavy (non-hydrogen) atoms. The van der Waals surface area contributed by atoms with Gasteiger partial charge in [0.25, 0.3) is 5.56 Å². The molecule has 2 aromatic carbocycles. The van der Waals surface area contributed by atoms with Crippen LogP contribution in [-0.2, 0) is 5.75 Å². The zero-order valence-corrected chi connectivity index (χ0v) is 20.5. The molecule has 0 spiro atoms. The molecule has 0 radical (unpaired) electrons. The van der Waals surface area contributed by atoms with Crippen LogP contribution in [0, 0.1) is 6.92 Å². The molecule has 2 amide bonds. The van der Waals surface area contributed by atoms with E-state index in [0.717, 1.165) is 20.3 Å². The fourth-order valence-corrected chi connectivity index (χ4v) is 5.42. The number of carbonyl (C=O) groups excluding carboxylic acids is 1. The molecule has 3 aromatic heterocycles. The lowest BCUT2D eigenvalue weighted by Gasteiger charge is -2.08. The highest BCUT2D eigenvalue weighted by Gasteiger charge is 2.11. The smallest absolute Gasteiger partial charge is 0.323 e. The number of thiazole rings is 1. The second-order valence-electron chi connectivity index (χ2n) is 7.57. The Bertz CT molecular complexity index is 1570. The number of fused-ring (bicyclic) bond motifs is 2. The van der Waals surface area contributed by atoms with Gasteiger partial charge in [0.1, 0.15) is 11.5 Å². The first-order valence-electron chi connectivity index (χ1n) is 10.8. The maximum absolute atomic E-state index is 12.4. The average molecular weight is 508 g/mol. The number of urea groups is 1. The van der Waals surface area contributed by atoms with Crippen molar-refractivity contribution in [3.63, 3.8) is 0 Å². The molecule has 3 heterocycles. The zero-order valence-electron chi connectivity index (χ0n) is 18.9. The third-order valence-electron chi connectivity index (χ3n) is 4.92. The van der Waals surface area contributed by atoms with Crippen LogP contribution in [0.3, 0.4) is 0 Å². The van der Waals surface area contributed by atoms with Gasteiger partial charge in [0, 0.05) is 29.3 Å². The van der Waals surface area contributed by atoms with Crippen LogP contribution in [0.1, 0.15) is 18.4 Å². The number of aryl methyl sites for hydroxylation is 1. The highest BCUT2D eigenvalue weighted by Crippen LogP contribution is 2.32. The Morgan fingerprint density at radius 2 is 1.86 bits per heavy atom. The molecule has 2 N–H and O–H groups in total. The standard InChI is InChI=1S/C24H21N5O4S2/c1-3-32-18-7-4-15(5-8-18)26-23(31)27-16-6-9-19-20(11-16)35-24(28-19)34-13-17-12-22(30)29-21(25-17)10-14(2)33-29/h4-12H,3,13H2,1-2H3,(H2,26,27,31). The van der Waals surface area contributed by atoms with E-state index in [1.165, 1.54) is 33.7 Å². The number of aromatic nitrogens is 3. The predicted octanol–water partition coefficient (Wildman–Crippen LogP) is 5.54. The molecular weight excluding hydrogens is 486 g/mol. The van der Waals surface area contributed by atoms with Gasteiger partial charge >= 0.3 is 6.03 Å². The molecule has 0 aliphatic rings. The summed E-state index contributed by atoms with van der Waals surface area (Å²) in [6.45, 7) is 4.28. The van der Waals surface area contributed by atoms with Crippen LogP contribution in [0.15, 0.2) is 68.3 Å². The molecule has 178 valence electrons. The second-order valence-corrected chi connectivity index (χ2v) is 9.83. The quantitative estimate of drug-likeness (QED) is 0.278. The first kappa shape index (κ1) is 22.9. The van der Waals surface area contributed by atoms with Crippen molar-refractivity contribution in [1.29, 1.82) is 0 Å². The Morgan fingerprint density at radius 1 is 1.09 bits per heavy atom. The second kappa shape index (κ2) is 9.80.